The largest absolute Gasteiger partial charge is 0.391 e. The Morgan fingerprint density at radius 1 is 1.28 bits per heavy atom. The summed E-state index contributed by atoms with van der Waals surface area (Å²) in [4.78, 5) is 4.90. The molecule has 0 spiro atoms. The number of likely N-dealkylation sites (N-methyl/N-ethyl adjacent to an activating group) is 2. The normalized spacial score (nSPS) is 38.5. The number of aliphatic hydroxyl groups is 1. The van der Waals surface area contributed by atoms with Crippen molar-refractivity contribution >= 4 is 0 Å². The van der Waals surface area contributed by atoms with E-state index in [9.17, 15) is 5.11 Å². The zero-order chi connectivity index (χ0) is 13.1. The van der Waals surface area contributed by atoms with E-state index in [0.29, 0.717) is 12.1 Å². The van der Waals surface area contributed by atoms with Crippen molar-refractivity contribution < 1.29 is 5.11 Å². The molecule has 2 aliphatic rings. The molecular weight excluding hydrogens is 224 g/mol. The fourth-order valence-corrected chi connectivity index (χ4v) is 3.74. The average molecular weight is 254 g/mol. The van der Waals surface area contributed by atoms with Crippen molar-refractivity contribution in [3.05, 3.63) is 0 Å². The Bertz CT molecular complexity index is 259. The Balaban J connectivity index is 1.88. The van der Waals surface area contributed by atoms with Gasteiger partial charge in [0.2, 0.25) is 0 Å². The van der Waals surface area contributed by atoms with Crippen LogP contribution in [0, 0.1) is 5.92 Å². The van der Waals surface area contributed by atoms with Crippen LogP contribution in [-0.4, -0.2) is 60.3 Å². The summed E-state index contributed by atoms with van der Waals surface area (Å²) in [5.74, 6) is 0.821. The quantitative estimate of drug-likeness (QED) is 0.831. The highest BCUT2D eigenvalue weighted by Crippen LogP contribution is 2.30. The third-order valence-corrected chi connectivity index (χ3v) is 5.20. The number of likely N-dealkylation sites (tertiary alicyclic amines) is 1. The number of nitrogens with zero attached hydrogens (tertiary/aromatic N) is 2. The summed E-state index contributed by atoms with van der Waals surface area (Å²) in [5, 5.41) is 10.2. The fourth-order valence-electron chi connectivity index (χ4n) is 3.74. The Labute approximate surface area is 112 Å². The molecule has 0 aromatic heterocycles. The SMILES string of the molecule is CCC1CCC(O)C(N(C)CC2CCCN2C)C1. The van der Waals surface area contributed by atoms with E-state index in [2.05, 4.69) is 30.8 Å². The predicted octanol–water partition coefficient (Wildman–Crippen LogP) is 1.95. The van der Waals surface area contributed by atoms with Crippen molar-refractivity contribution in [2.75, 3.05) is 27.2 Å². The zero-order valence-corrected chi connectivity index (χ0v) is 12.3. The molecule has 0 aromatic rings. The Morgan fingerprint density at radius 2 is 2.06 bits per heavy atom. The van der Waals surface area contributed by atoms with Crippen molar-refractivity contribution in [2.24, 2.45) is 5.92 Å². The summed E-state index contributed by atoms with van der Waals surface area (Å²) in [6.45, 7) is 4.64. The van der Waals surface area contributed by atoms with Gasteiger partial charge >= 0.3 is 0 Å². The maximum atomic E-state index is 10.2. The van der Waals surface area contributed by atoms with E-state index in [1.807, 2.05) is 0 Å². The fraction of sp³-hybridized carbons (Fsp3) is 1.00. The van der Waals surface area contributed by atoms with Gasteiger partial charge in [-0.25, -0.2) is 0 Å². The second kappa shape index (κ2) is 6.36. The Morgan fingerprint density at radius 3 is 2.67 bits per heavy atom. The minimum absolute atomic E-state index is 0.107. The first kappa shape index (κ1) is 14.3. The van der Waals surface area contributed by atoms with Crippen LogP contribution >= 0.6 is 0 Å². The molecule has 0 amide bonds. The van der Waals surface area contributed by atoms with E-state index < -0.39 is 0 Å². The highest BCUT2D eigenvalue weighted by molar-refractivity contribution is 4.88. The van der Waals surface area contributed by atoms with Gasteiger partial charge in [-0.2, -0.15) is 0 Å². The molecule has 3 nitrogen and oxygen atoms in total. The summed E-state index contributed by atoms with van der Waals surface area (Å²) in [7, 11) is 4.44. The molecule has 0 aromatic carbocycles. The topological polar surface area (TPSA) is 26.7 Å². The molecule has 4 unspecified atom stereocenters. The lowest BCUT2D eigenvalue weighted by molar-refractivity contribution is 0.00655. The number of hydrogen-bond donors (Lipinski definition) is 1. The van der Waals surface area contributed by atoms with Crippen LogP contribution in [0.2, 0.25) is 0 Å². The molecule has 0 radical (unpaired) electrons. The summed E-state index contributed by atoms with van der Waals surface area (Å²) in [5.41, 5.74) is 0. The van der Waals surface area contributed by atoms with Crippen LogP contribution in [0.1, 0.15) is 45.4 Å². The maximum absolute atomic E-state index is 10.2. The Hall–Kier alpha value is -0.120. The van der Waals surface area contributed by atoms with Crippen molar-refractivity contribution in [1.82, 2.24) is 9.80 Å². The minimum Gasteiger partial charge on any atom is -0.391 e. The molecule has 1 saturated heterocycles. The van der Waals surface area contributed by atoms with E-state index >= 15 is 0 Å². The standard InChI is InChI=1S/C15H30N2O/c1-4-12-7-8-15(18)14(10-12)17(3)11-13-6-5-9-16(13)2/h12-15,18H,4-11H2,1-3H3. The van der Waals surface area contributed by atoms with Gasteiger partial charge in [0.1, 0.15) is 0 Å². The summed E-state index contributed by atoms with van der Waals surface area (Å²) in [6.07, 6.45) is 7.20. The second-order valence-corrected chi connectivity index (χ2v) is 6.44. The van der Waals surface area contributed by atoms with Crippen molar-refractivity contribution in [1.29, 1.82) is 0 Å². The number of aliphatic hydroxyl groups excluding tert-OH is 1. The zero-order valence-electron chi connectivity index (χ0n) is 12.3. The van der Waals surface area contributed by atoms with Gasteiger partial charge in [-0.15, -0.1) is 0 Å². The lowest BCUT2D eigenvalue weighted by Crippen LogP contribution is -2.49. The molecule has 2 fully saturated rings. The lowest BCUT2D eigenvalue weighted by atomic mass is 9.81. The molecule has 0 bridgehead atoms. The molecule has 1 saturated carbocycles. The van der Waals surface area contributed by atoms with Crippen LogP contribution in [0.4, 0.5) is 0 Å². The van der Waals surface area contributed by atoms with E-state index in [0.717, 1.165) is 18.9 Å². The van der Waals surface area contributed by atoms with Gasteiger partial charge in [-0.05, 0) is 58.7 Å². The smallest absolute Gasteiger partial charge is 0.0695 e. The van der Waals surface area contributed by atoms with Gasteiger partial charge in [0.05, 0.1) is 6.10 Å². The molecular formula is C15H30N2O. The maximum Gasteiger partial charge on any atom is 0.0695 e. The first-order chi connectivity index (χ1) is 8.61. The third-order valence-electron chi connectivity index (χ3n) is 5.20. The Kier molecular flexibility index (Phi) is 5.05. The molecule has 106 valence electrons. The second-order valence-electron chi connectivity index (χ2n) is 6.44. The van der Waals surface area contributed by atoms with Crippen LogP contribution in [-0.2, 0) is 0 Å². The minimum atomic E-state index is -0.107. The summed E-state index contributed by atoms with van der Waals surface area (Å²) >= 11 is 0. The molecule has 4 atom stereocenters. The van der Waals surface area contributed by atoms with Crippen molar-refractivity contribution in [3.8, 4) is 0 Å². The number of rotatable bonds is 4. The van der Waals surface area contributed by atoms with Crippen LogP contribution in [0.25, 0.3) is 0 Å². The van der Waals surface area contributed by atoms with Gasteiger partial charge in [-0.1, -0.05) is 13.3 Å². The highest BCUT2D eigenvalue weighted by Gasteiger charge is 2.33. The van der Waals surface area contributed by atoms with Gasteiger partial charge in [0.15, 0.2) is 0 Å². The molecule has 3 heteroatoms. The van der Waals surface area contributed by atoms with Crippen LogP contribution in [0.3, 0.4) is 0 Å². The van der Waals surface area contributed by atoms with E-state index in [-0.39, 0.29) is 6.10 Å². The van der Waals surface area contributed by atoms with Crippen molar-refractivity contribution in [3.63, 3.8) is 0 Å². The van der Waals surface area contributed by atoms with E-state index in [1.54, 1.807) is 0 Å². The predicted molar refractivity (Wildman–Crippen MR) is 75.7 cm³/mol. The van der Waals surface area contributed by atoms with Gasteiger partial charge in [0, 0.05) is 18.6 Å². The first-order valence-corrected chi connectivity index (χ1v) is 7.70. The molecule has 1 aliphatic heterocycles. The monoisotopic (exact) mass is 254 g/mol. The van der Waals surface area contributed by atoms with Crippen LogP contribution in [0.15, 0.2) is 0 Å². The van der Waals surface area contributed by atoms with Gasteiger partial charge in [0.25, 0.3) is 0 Å². The highest BCUT2D eigenvalue weighted by atomic mass is 16.3. The van der Waals surface area contributed by atoms with Gasteiger partial charge in [-0.3, -0.25) is 4.90 Å². The third kappa shape index (κ3) is 3.25. The molecule has 1 aliphatic carbocycles. The summed E-state index contributed by atoms with van der Waals surface area (Å²) < 4.78 is 0. The molecule has 1 N–H and O–H groups in total. The van der Waals surface area contributed by atoms with E-state index in [1.165, 1.54) is 38.6 Å². The van der Waals surface area contributed by atoms with E-state index in [4.69, 9.17) is 0 Å². The lowest BCUT2D eigenvalue weighted by Gasteiger charge is -2.40. The van der Waals surface area contributed by atoms with Crippen molar-refractivity contribution in [2.45, 2.75) is 63.6 Å². The molecule has 2 rings (SSSR count). The first-order valence-electron chi connectivity index (χ1n) is 7.70. The molecule has 1 heterocycles. The van der Waals surface area contributed by atoms with Crippen LogP contribution in [0.5, 0.6) is 0 Å². The molecule has 18 heavy (non-hydrogen) atoms. The average Bonchev–Trinajstić information content (AvgIpc) is 2.75. The van der Waals surface area contributed by atoms with Crippen LogP contribution < -0.4 is 0 Å². The summed E-state index contributed by atoms with van der Waals surface area (Å²) in [6, 6.07) is 1.09. The van der Waals surface area contributed by atoms with Gasteiger partial charge < -0.3 is 10.0 Å². The number of hydrogen-bond acceptors (Lipinski definition) is 3.